The van der Waals surface area contributed by atoms with Gasteiger partial charge >= 0.3 is 6.61 Å². The summed E-state index contributed by atoms with van der Waals surface area (Å²) in [6.07, 6.45) is 3.37. The van der Waals surface area contributed by atoms with Crippen LogP contribution in [0.4, 0.5) is 8.78 Å². The maximum absolute atomic E-state index is 12.4. The molecule has 0 aromatic heterocycles. The van der Waals surface area contributed by atoms with Gasteiger partial charge in [-0.15, -0.1) is 0 Å². The van der Waals surface area contributed by atoms with Gasteiger partial charge in [-0.3, -0.25) is 0 Å². The number of nitrogens with zero attached hydrogens (tertiary/aromatic N) is 1. The van der Waals surface area contributed by atoms with E-state index in [4.69, 9.17) is 4.74 Å². The SMILES string of the molecule is CC(C)O[C@H]1CC[C@H](c2cccc(OC(F)F)c2)C[C@@H]1N(C)C. The average molecular weight is 327 g/mol. The highest BCUT2D eigenvalue weighted by atomic mass is 19.3. The third kappa shape index (κ3) is 5.15. The Morgan fingerprint density at radius 3 is 2.52 bits per heavy atom. The topological polar surface area (TPSA) is 21.7 Å². The maximum Gasteiger partial charge on any atom is 0.387 e. The van der Waals surface area contributed by atoms with Gasteiger partial charge in [-0.1, -0.05) is 12.1 Å². The Hall–Kier alpha value is -1.20. The molecule has 3 atom stereocenters. The normalized spacial score (nSPS) is 25.3. The summed E-state index contributed by atoms with van der Waals surface area (Å²) < 4.78 is 35.4. The van der Waals surface area contributed by atoms with Crippen LogP contribution in [0.15, 0.2) is 24.3 Å². The molecule has 0 radical (unpaired) electrons. The molecule has 2 rings (SSSR count). The molecule has 130 valence electrons. The molecule has 1 aliphatic rings. The quantitative estimate of drug-likeness (QED) is 0.778. The van der Waals surface area contributed by atoms with Crippen LogP contribution in [0.2, 0.25) is 0 Å². The van der Waals surface area contributed by atoms with Crippen LogP contribution in [0.1, 0.15) is 44.6 Å². The molecule has 0 aliphatic heterocycles. The maximum atomic E-state index is 12.4. The van der Waals surface area contributed by atoms with Crippen molar-refractivity contribution < 1.29 is 18.3 Å². The van der Waals surface area contributed by atoms with Crippen molar-refractivity contribution in [2.24, 2.45) is 0 Å². The number of hydrogen-bond donors (Lipinski definition) is 0. The standard InChI is InChI=1S/C18H27F2NO2/c1-12(2)22-17-9-8-14(11-16(17)21(3)4)13-6-5-7-15(10-13)23-18(19)20/h5-7,10,12,14,16-18H,8-9,11H2,1-4H3/t14-,16-,17-/m0/s1. The van der Waals surface area contributed by atoms with Crippen molar-refractivity contribution in [2.75, 3.05) is 14.1 Å². The van der Waals surface area contributed by atoms with E-state index in [0.717, 1.165) is 24.8 Å². The summed E-state index contributed by atoms with van der Waals surface area (Å²) in [5.41, 5.74) is 1.07. The van der Waals surface area contributed by atoms with Gasteiger partial charge in [0.05, 0.1) is 12.2 Å². The van der Waals surface area contributed by atoms with Crippen molar-refractivity contribution in [1.29, 1.82) is 0 Å². The highest BCUT2D eigenvalue weighted by molar-refractivity contribution is 5.31. The van der Waals surface area contributed by atoms with Crippen LogP contribution < -0.4 is 4.74 Å². The molecule has 0 saturated heterocycles. The minimum absolute atomic E-state index is 0.210. The Bertz CT molecular complexity index is 494. The van der Waals surface area contributed by atoms with E-state index in [9.17, 15) is 8.78 Å². The van der Waals surface area contributed by atoms with E-state index < -0.39 is 6.61 Å². The summed E-state index contributed by atoms with van der Waals surface area (Å²) in [5.74, 6) is 0.579. The lowest BCUT2D eigenvalue weighted by molar-refractivity contribution is -0.0570. The second-order valence-corrected chi connectivity index (χ2v) is 6.72. The van der Waals surface area contributed by atoms with Gasteiger partial charge in [0.25, 0.3) is 0 Å². The highest BCUT2D eigenvalue weighted by Gasteiger charge is 2.33. The molecule has 23 heavy (non-hydrogen) atoms. The van der Waals surface area contributed by atoms with Crippen molar-refractivity contribution >= 4 is 0 Å². The van der Waals surface area contributed by atoms with Gasteiger partial charge in [-0.2, -0.15) is 8.78 Å². The van der Waals surface area contributed by atoms with Crippen LogP contribution in [-0.4, -0.2) is 43.9 Å². The number of alkyl halides is 2. The monoisotopic (exact) mass is 327 g/mol. The zero-order chi connectivity index (χ0) is 17.0. The number of likely N-dealkylation sites (N-methyl/N-ethyl adjacent to an activating group) is 1. The molecule has 1 saturated carbocycles. The van der Waals surface area contributed by atoms with Crippen LogP contribution in [-0.2, 0) is 4.74 Å². The smallest absolute Gasteiger partial charge is 0.387 e. The fourth-order valence-electron chi connectivity index (χ4n) is 3.42. The van der Waals surface area contributed by atoms with E-state index in [2.05, 4.69) is 37.6 Å². The second-order valence-electron chi connectivity index (χ2n) is 6.72. The molecule has 3 nitrogen and oxygen atoms in total. The first-order valence-corrected chi connectivity index (χ1v) is 8.23. The molecule has 1 fully saturated rings. The summed E-state index contributed by atoms with van der Waals surface area (Å²) in [7, 11) is 4.14. The lowest BCUT2D eigenvalue weighted by atomic mass is 9.79. The third-order valence-electron chi connectivity index (χ3n) is 4.42. The third-order valence-corrected chi connectivity index (χ3v) is 4.42. The van der Waals surface area contributed by atoms with Crippen LogP contribution in [0, 0.1) is 0 Å². The molecule has 0 amide bonds. The van der Waals surface area contributed by atoms with Gasteiger partial charge in [-0.05, 0) is 70.8 Å². The van der Waals surface area contributed by atoms with E-state index in [1.807, 2.05) is 6.07 Å². The molecule has 0 heterocycles. The summed E-state index contributed by atoms with van der Waals surface area (Å²) in [5, 5.41) is 0. The van der Waals surface area contributed by atoms with E-state index in [1.54, 1.807) is 18.2 Å². The summed E-state index contributed by atoms with van der Waals surface area (Å²) in [6, 6.07) is 7.43. The van der Waals surface area contributed by atoms with Crippen molar-refractivity contribution in [1.82, 2.24) is 4.90 Å². The van der Waals surface area contributed by atoms with Gasteiger partial charge in [-0.25, -0.2) is 0 Å². The number of hydrogen-bond acceptors (Lipinski definition) is 3. The average Bonchev–Trinajstić information content (AvgIpc) is 2.46. The summed E-state index contributed by atoms with van der Waals surface area (Å²) in [6.45, 7) is 1.34. The molecule has 1 aromatic carbocycles. The van der Waals surface area contributed by atoms with Crippen LogP contribution in [0.25, 0.3) is 0 Å². The van der Waals surface area contributed by atoms with E-state index in [1.165, 1.54) is 0 Å². The molecule has 1 aliphatic carbocycles. The van der Waals surface area contributed by atoms with E-state index >= 15 is 0 Å². The molecule has 0 N–H and O–H groups in total. The summed E-state index contributed by atoms with van der Waals surface area (Å²) in [4.78, 5) is 2.21. The minimum atomic E-state index is -2.78. The first-order valence-electron chi connectivity index (χ1n) is 8.23. The second kappa shape index (κ2) is 8.06. The first-order chi connectivity index (χ1) is 10.9. The lowest BCUT2D eigenvalue weighted by Gasteiger charge is -2.40. The Morgan fingerprint density at radius 2 is 1.91 bits per heavy atom. The number of ether oxygens (including phenoxy) is 2. The number of halogens is 2. The molecular formula is C18H27F2NO2. The fourth-order valence-corrected chi connectivity index (χ4v) is 3.42. The zero-order valence-corrected chi connectivity index (χ0v) is 14.3. The predicted octanol–water partition coefficient (Wildman–Crippen LogP) is 4.28. The fraction of sp³-hybridized carbons (Fsp3) is 0.667. The van der Waals surface area contributed by atoms with Crippen LogP contribution >= 0.6 is 0 Å². The van der Waals surface area contributed by atoms with Crippen molar-refractivity contribution in [2.45, 2.75) is 63.9 Å². The van der Waals surface area contributed by atoms with Gasteiger partial charge in [0.15, 0.2) is 0 Å². The van der Waals surface area contributed by atoms with Crippen molar-refractivity contribution in [3.63, 3.8) is 0 Å². The zero-order valence-electron chi connectivity index (χ0n) is 14.3. The molecular weight excluding hydrogens is 300 g/mol. The van der Waals surface area contributed by atoms with E-state index in [0.29, 0.717) is 12.0 Å². The van der Waals surface area contributed by atoms with Crippen LogP contribution in [0.5, 0.6) is 5.75 Å². The van der Waals surface area contributed by atoms with Crippen molar-refractivity contribution in [3.05, 3.63) is 29.8 Å². The largest absolute Gasteiger partial charge is 0.435 e. The molecule has 0 spiro atoms. The lowest BCUT2D eigenvalue weighted by Crippen LogP contribution is -2.45. The molecule has 1 aromatic rings. The number of benzene rings is 1. The molecule has 5 heteroatoms. The van der Waals surface area contributed by atoms with E-state index in [-0.39, 0.29) is 18.0 Å². The van der Waals surface area contributed by atoms with Gasteiger partial charge < -0.3 is 14.4 Å². The van der Waals surface area contributed by atoms with Crippen molar-refractivity contribution in [3.8, 4) is 5.75 Å². The Balaban J connectivity index is 2.10. The van der Waals surface area contributed by atoms with Gasteiger partial charge in [0.1, 0.15) is 5.75 Å². The number of rotatable bonds is 6. The van der Waals surface area contributed by atoms with Gasteiger partial charge in [0, 0.05) is 6.04 Å². The first kappa shape index (κ1) is 18.1. The predicted molar refractivity (Wildman–Crippen MR) is 87.2 cm³/mol. The Kier molecular flexibility index (Phi) is 6.36. The Labute approximate surface area is 137 Å². The summed E-state index contributed by atoms with van der Waals surface area (Å²) >= 11 is 0. The van der Waals surface area contributed by atoms with Crippen LogP contribution in [0.3, 0.4) is 0 Å². The molecule has 0 unspecified atom stereocenters. The highest BCUT2D eigenvalue weighted by Crippen LogP contribution is 2.37. The van der Waals surface area contributed by atoms with Gasteiger partial charge in [0.2, 0.25) is 0 Å². The molecule has 0 bridgehead atoms. The minimum Gasteiger partial charge on any atom is -0.435 e. The Morgan fingerprint density at radius 1 is 1.17 bits per heavy atom.